The Bertz CT molecular complexity index is 1400. The monoisotopic (exact) mass is 469 g/mol. The number of rotatable bonds is 4. The van der Waals surface area contributed by atoms with Crippen molar-refractivity contribution >= 4 is 29.5 Å². The zero-order valence-corrected chi connectivity index (χ0v) is 18.7. The number of fused-ring (bicyclic) bond motifs is 5. The number of hydrazone groups is 1. The first-order valence-corrected chi connectivity index (χ1v) is 11.2. The van der Waals surface area contributed by atoms with Crippen LogP contribution in [0.25, 0.3) is 0 Å². The van der Waals surface area contributed by atoms with Gasteiger partial charge in [0.05, 0.1) is 36.9 Å². The number of amides is 2. The van der Waals surface area contributed by atoms with Crippen molar-refractivity contribution in [3.63, 3.8) is 0 Å². The van der Waals surface area contributed by atoms with Crippen LogP contribution in [0.5, 0.6) is 5.75 Å². The SMILES string of the molecule is COc1ccc(C(=O)[C@@H]2[C@@H]3C(=O)N(c4ccccc4F)C(=O)[C@H]3[C@@H]3c4ccccc4C=NN23)cc1. The van der Waals surface area contributed by atoms with Gasteiger partial charge in [-0.05, 0) is 47.5 Å². The lowest BCUT2D eigenvalue weighted by molar-refractivity contribution is -0.124. The lowest BCUT2D eigenvalue weighted by atomic mass is 9.83. The van der Waals surface area contributed by atoms with E-state index in [0.717, 1.165) is 16.0 Å². The molecular formula is C27H20FN3O4. The fourth-order valence-corrected chi connectivity index (χ4v) is 5.47. The fraction of sp³-hybridized carbons (Fsp3) is 0.185. The number of ketones is 1. The summed E-state index contributed by atoms with van der Waals surface area (Å²) in [5.41, 5.74) is 1.88. The van der Waals surface area contributed by atoms with Crippen LogP contribution >= 0.6 is 0 Å². The number of anilines is 1. The van der Waals surface area contributed by atoms with Crippen molar-refractivity contribution in [1.82, 2.24) is 5.01 Å². The van der Waals surface area contributed by atoms with E-state index in [2.05, 4.69) is 5.10 Å². The van der Waals surface area contributed by atoms with Gasteiger partial charge in [0.25, 0.3) is 0 Å². The quantitative estimate of drug-likeness (QED) is 0.431. The average molecular weight is 469 g/mol. The number of hydrogen-bond donors (Lipinski definition) is 0. The molecular weight excluding hydrogens is 449 g/mol. The molecule has 3 aromatic rings. The van der Waals surface area contributed by atoms with E-state index >= 15 is 0 Å². The van der Waals surface area contributed by atoms with Crippen LogP contribution in [0.15, 0.2) is 77.9 Å². The number of imide groups is 1. The Labute approximate surface area is 200 Å². The van der Waals surface area contributed by atoms with Crippen LogP contribution in [0.1, 0.15) is 27.5 Å². The maximum absolute atomic E-state index is 14.7. The first kappa shape index (κ1) is 21.2. The summed E-state index contributed by atoms with van der Waals surface area (Å²) in [7, 11) is 1.53. The van der Waals surface area contributed by atoms with Crippen LogP contribution < -0.4 is 9.64 Å². The standard InChI is InChI=1S/C27H20FN3O4/c1-35-17-12-10-15(11-13-17)25(32)24-22-21(23-18-7-3-2-6-16(18)14-29-31(23)24)26(33)30(27(22)34)20-9-5-4-8-19(20)28/h2-14,21-24H,1H3/t21-,22-,23+,24+/m1/s1. The first-order valence-electron chi connectivity index (χ1n) is 11.2. The van der Waals surface area contributed by atoms with E-state index in [4.69, 9.17) is 4.74 Å². The van der Waals surface area contributed by atoms with Gasteiger partial charge < -0.3 is 4.74 Å². The second-order valence-corrected chi connectivity index (χ2v) is 8.75. The maximum atomic E-state index is 14.7. The number of para-hydroxylation sites is 1. The molecule has 2 amide bonds. The highest BCUT2D eigenvalue weighted by molar-refractivity contribution is 6.24. The van der Waals surface area contributed by atoms with Gasteiger partial charge in [-0.3, -0.25) is 19.4 Å². The predicted octanol–water partition coefficient (Wildman–Crippen LogP) is 3.60. The molecule has 0 N–H and O–H groups in total. The van der Waals surface area contributed by atoms with Gasteiger partial charge in [-0.2, -0.15) is 5.10 Å². The van der Waals surface area contributed by atoms with Crippen molar-refractivity contribution in [3.05, 3.63) is 95.3 Å². The fourth-order valence-electron chi connectivity index (χ4n) is 5.47. The summed E-state index contributed by atoms with van der Waals surface area (Å²) >= 11 is 0. The van der Waals surface area contributed by atoms with E-state index in [1.54, 1.807) is 41.6 Å². The molecule has 0 unspecified atom stereocenters. The summed E-state index contributed by atoms with van der Waals surface area (Å²) in [5.74, 6) is -3.44. The van der Waals surface area contributed by atoms with Crippen molar-refractivity contribution < 1.29 is 23.5 Å². The topological polar surface area (TPSA) is 79.3 Å². The van der Waals surface area contributed by atoms with Crippen molar-refractivity contribution in [2.24, 2.45) is 16.9 Å². The molecule has 35 heavy (non-hydrogen) atoms. The molecule has 6 rings (SSSR count). The van der Waals surface area contributed by atoms with Crippen molar-refractivity contribution in [1.29, 1.82) is 0 Å². The summed E-state index contributed by atoms with van der Waals surface area (Å²) in [4.78, 5) is 42.2. The first-order chi connectivity index (χ1) is 17.0. The third-order valence-electron chi connectivity index (χ3n) is 7.03. The molecule has 0 saturated carbocycles. The molecule has 0 aliphatic carbocycles. The molecule has 174 valence electrons. The van der Waals surface area contributed by atoms with E-state index in [9.17, 15) is 18.8 Å². The Balaban J connectivity index is 1.49. The Morgan fingerprint density at radius 1 is 0.914 bits per heavy atom. The molecule has 0 bridgehead atoms. The Morgan fingerprint density at radius 3 is 2.34 bits per heavy atom. The van der Waals surface area contributed by atoms with E-state index in [1.165, 1.54) is 25.3 Å². The second kappa shape index (κ2) is 7.87. The summed E-state index contributed by atoms with van der Waals surface area (Å²) in [6.07, 6.45) is 1.64. The highest BCUT2D eigenvalue weighted by atomic mass is 19.1. The molecule has 0 spiro atoms. The third kappa shape index (κ3) is 3.02. The molecule has 4 atom stereocenters. The summed E-state index contributed by atoms with van der Waals surface area (Å²) in [6.45, 7) is 0. The minimum absolute atomic E-state index is 0.105. The normalized spacial score (nSPS) is 24.3. The number of ether oxygens (including phenoxy) is 1. The van der Waals surface area contributed by atoms with Gasteiger partial charge in [0.2, 0.25) is 11.8 Å². The summed E-state index contributed by atoms with van der Waals surface area (Å²) in [6, 6.07) is 18.1. The Kier molecular flexibility index (Phi) is 4.77. The van der Waals surface area contributed by atoms with Crippen LogP contribution in [-0.4, -0.2) is 42.0 Å². The van der Waals surface area contributed by atoms with E-state index in [1.807, 2.05) is 24.3 Å². The van der Waals surface area contributed by atoms with Gasteiger partial charge in [0, 0.05) is 5.56 Å². The van der Waals surface area contributed by atoms with Crippen LogP contribution in [0.3, 0.4) is 0 Å². The Hall–Kier alpha value is -4.33. The van der Waals surface area contributed by atoms with Gasteiger partial charge in [-0.25, -0.2) is 9.29 Å². The molecule has 2 fully saturated rings. The highest BCUT2D eigenvalue weighted by Crippen LogP contribution is 2.53. The molecule has 3 heterocycles. The number of carbonyl (C=O) groups is 3. The van der Waals surface area contributed by atoms with Crippen molar-refractivity contribution in [3.8, 4) is 5.75 Å². The van der Waals surface area contributed by atoms with Gasteiger partial charge in [0.1, 0.15) is 17.6 Å². The number of methoxy groups -OCH3 is 1. The number of nitrogens with zero attached hydrogens (tertiary/aromatic N) is 3. The molecule has 7 nitrogen and oxygen atoms in total. The maximum Gasteiger partial charge on any atom is 0.240 e. The molecule has 2 saturated heterocycles. The minimum atomic E-state index is -1.02. The molecule has 3 aromatic carbocycles. The predicted molar refractivity (Wildman–Crippen MR) is 126 cm³/mol. The largest absolute Gasteiger partial charge is 0.497 e. The van der Waals surface area contributed by atoms with Crippen LogP contribution in [0.4, 0.5) is 10.1 Å². The van der Waals surface area contributed by atoms with Crippen LogP contribution in [0.2, 0.25) is 0 Å². The van der Waals surface area contributed by atoms with Gasteiger partial charge >= 0.3 is 0 Å². The van der Waals surface area contributed by atoms with Crippen molar-refractivity contribution in [2.75, 3.05) is 12.0 Å². The van der Waals surface area contributed by atoms with E-state index in [-0.39, 0.29) is 11.5 Å². The molecule has 8 heteroatoms. The molecule has 3 aliphatic heterocycles. The van der Waals surface area contributed by atoms with Crippen LogP contribution in [0, 0.1) is 17.7 Å². The summed E-state index contributed by atoms with van der Waals surface area (Å²) in [5, 5.41) is 6.11. The number of Topliss-reactive ketones (excluding diaryl/α,β-unsaturated/α-hetero) is 1. The number of halogens is 1. The molecule has 0 radical (unpaired) electrons. The lowest BCUT2D eigenvalue weighted by Gasteiger charge is -2.33. The zero-order chi connectivity index (χ0) is 24.3. The molecule has 0 aromatic heterocycles. The van der Waals surface area contributed by atoms with Crippen molar-refractivity contribution in [2.45, 2.75) is 12.1 Å². The van der Waals surface area contributed by atoms with E-state index < -0.39 is 41.6 Å². The van der Waals surface area contributed by atoms with Gasteiger partial charge in [-0.1, -0.05) is 36.4 Å². The number of benzene rings is 3. The number of carbonyl (C=O) groups excluding carboxylic acids is 3. The summed E-state index contributed by atoms with van der Waals surface area (Å²) < 4.78 is 19.9. The lowest BCUT2D eigenvalue weighted by Crippen LogP contribution is -2.44. The van der Waals surface area contributed by atoms with Gasteiger partial charge in [-0.15, -0.1) is 0 Å². The highest BCUT2D eigenvalue weighted by Gasteiger charge is 2.65. The zero-order valence-electron chi connectivity index (χ0n) is 18.7. The smallest absolute Gasteiger partial charge is 0.240 e. The minimum Gasteiger partial charge on any atom is -0.497 e. The van der Waals surface area contributed by atoms with Crippen LogP contribution in [-0.2, 0) is 9.59 Å². The third-order valence-corrected chi connectivity index (χ3v) is 7.03. The second-order valence-electron chi connectivity index (χ2n) is 8.75. The molecule has 3 aliphatic rings. The average Bonchev–Trinajstić information content (AvgIpc) is 3.36. The van der Waals surface area contributed by atoms with E-state index in [0.29, 0.717) is 11.3 Å². The Morgan fingerprint density at radius 2 is 1.60 bits per heavy atom. The number of hydrogen-bond acceptors (Lipinski definition) is 6. The van der Waals surface area contributed by atoms with Gasteiger partial charge in [0.15, 0.2) is 5.78 Å².